The number of carbonyl (C=O) groups is 2. The van der Waals surface area contributed by atoms with Crippen molar-refractivity contribution in [1.29, 1.82) is 0 Å². The van der Waals surface area contributed by atoms with Crippen LogP contribution in [0, 0.1) is 11.6 Å². The zero-order valence-electron chi connectivity index (χ0n) is 14.6. The predicted molar refractivity (Wildman–Crippen MR) is 94.4 cm³/mol. The van der Waals surface area contributed by atoms with Crippen LogP contribution in [0.4, 0.5) is 14.5 Å². The molecular formula is C18H16ClF2NO5. The molecule has 1 amide bonds. The summed E-state index contributed by atoms with van der Waals surface area (Å²) in [5.41, 5.74) is 0.0705. The summed E-state index contributed by atoms with van der Waals surface area (Å²) in [5, 5.41) is 2.45. The number of halogens is 3. The molecule has 0 aliphatic carbocycles. The highest BCUT2D eigenvalue weighted by molar-refractivity contribution is 6.32. The maximum absolute atomic E-state index is 13.2. The number of anilines is 1. The first-order valence-electron chi connectivity index (χ1n) is 7.65. The van der Waals surface area contributed by atoms with Crippen LogP contribution in [0.15, 0.2) is 30.3 Å². The maximum Gasteiger partial charge on any atom is 0.339 e. The van der Waals surface area contributed by atoms with Crippen molar-refractivity contribution >= 4 is 29.2 Å². The third kappa shape index (κ3) is 4.85. The molecule has 144 valence electrons. The molecule has 0 saturated carbocycles. The van der Waals surface area contributed by atoms with Crippen molar-refractivity contribution in [3.05, 3.63) is 52.6 Å². The lowest BCUT2D eigenvalue weighted by atomic mass is 10.2. The Morgan fingerprint density at radius 1 is 1.07 bits per heavy atom. The van der Waals surface area contributed by atoms with E-state index < -0.39 is 29.6 Å². The standard InChI is InChI=1S/C18H16ClF2NO5/c1-9(17(23)22-11-4-5-13(20)14(21)8-11)27-18(24)10-6-12(19)16(26-3)15(7-10)25-2/h4-9H,1-3H3,(H,22,23)/t9-/m0/s1. The molecule has 0 aromatic heterocycles. The summed E-state index contributed by atoms with van der Waals surface area (Å²) in [6, 6.07) is 5.53. The highest BCUT2D eigenvalue weighted by atomic mass is 35.5. The van der Waals surface area contributed by atoms with Gasteiger partial charge in [-0.05, 0) is 31.2 Å². The zero-order valence-corrected chi connectivity index (χ0v) is 15.4. The second-order valence-corrected chi connectivity index (χ2v) is 5.77. The Hall–Kier alpha value is -2.87. The number of esters is 1. The molecule has 27 heavy (non-hydrogen) atoms. The molecule has 2 aromatic rings. The van der Waals surface area contributed by atoms with E-state index in [1.54, 1.807) is 0 Å². The molecule has 9 heteroatoms. The monoisotopic (exact) mass is 399 g/mol. The van der Waals surface area contributed by atoms with Gasteiger partial charge >= 0.3 is 5.97 Å². The lowest BCUT2D eigenvalue weighted by Gasteiger charge is -2.15. The molecule has 1 atom stereocenters. The Kier molecular flexibility index (Phi) is 6.57. The van der Waals surface area contributed by atoms with E-state index in [2.05, 4.69) is 5.32 Å². The van der Waals surface area contributed by atoms with Gasteiger partial charge in [-0.2, -0.15) is 0 Å². The molecule has 0 bridgehead atoms. The number of nitrogens with one attached hydrogen (secondary N) is 1. The second kappa shape index (κ2) is 8.68. The normalized spacial score (nSPS) is 11.5. The number of ether oxygens (including phenoxy) is 3. The van der Waals surface area contributed by atoms with E-state index in [9.17, 15) is 18.4 Å². The summed E-state index contributed by atoms with van der Waals surface area (Å²) >= 11 is 6.03. The Morgan fingerprint density at radius 3 is 2.37 bits per heavy atom. The van der Waals surface area contributed by atoms with Gasteiger partial charge < -0.3 is 19.5 Å². The number of carbonyl (C=O) groups excluding carboxylic acids is 2. The summed E-state index contributed by atoms with van der Waals surface area (Å²) in [7, 11) is 2.77. The van der Waals surface area contributed by atoms with Gasteiger partial charge in [-0.3, -0.25) is 4.79 Å². The van der Waals surface area contributed by atoms with Crippen LogP contribution in [0.3, 0.4) is 0 Å². The van der Waals surface area contributed by atoms with Gasteiger partial charge in [-0.25, -0.2) is 13.6 Å². The van der Waals surface area contributed by atoms with E-state index in [1.807, 2.05) is 0 Å². The van der Waals surface area contributed by atoms with Crippen molar-refractivity contribution in [1.82, 2.24) is 0 Å². The zero-order chi connectivity index (χ0) is 20.1. The number of amides is 1. The number of hydrogen-bond donors (Lipinski definition) is 1. The SMILES string of the molecule is COc1cc(C(=O)O[C@@H](C)C(=O)Nc2ccc(F)c(F)c2)cc(Cl)c1OC. The molecular weight excluding hydrogens is 384 g/mol. The molecule has 0 aliphatic rings. The highest BCUT2D eigenvalue weighted by Crippen LogP contribution is 2.36. The van der Waals surface area contributed by atoms with Crippen LogP contribution < -0.4 is 14.8 Å². The van der Waals surface area contributed by atoms with Crippen molar-refractivity contribution in [2.45, 2.75) is 13.0 Å². The quantitative estimate of drug-likeness (QED) is 0.747. The molecule has 0 aliphatic heterocycles. The second-order valence-electron chi connectivity index (χ2n) is 5.36. The summed E-state index contributed by atoms with van der Waals surface area (Å²) in [4.78, 5) is 24.4. The minimum absolute atomic E-state index is 0.0240. The van der Waals surface area contributed by atoms with Crippen molar-refractivity contribution in [3.8, 4) is 11.5 Å². The van der Waals surface area contributed by atoms with E-state index in [0.717, 1.165) is 12.1 Å². The van der Waals surface area contributed by atoms with E-state index in [4.69, 9.17) is 25.8 Å². The summed E-state index contributed by atoms with van der Waals surface area (Å²) in [6.07, 6.45) is -1.21. The predicted octanol–water partition coefficient (Wildman–Crippen LogP) is 3.82. The smallest absolute Gasteiger partial charge is 0.339 e. The number of methoxy groups -OCH3 is 2. The number of hydrogen-bond acceptors (Lipinski definition) is 5. The summed E-state index contributed by atoms with van der Waals surface area (Å²) < 4.78 is 41.4. The van der Waals surface area contributed by atoms with Crippen LogP contribution in [0.25, 0.3) is 0 Å². The minimum atomic E-state index is -1.21. The van der Waals surface area contributed by atoms with Gasteiger partial charge in [-0.1, -0.05) is 11.6 Å². The van der Waals surface area contributed by atoms with Gasteiger partial charge in [-0.15, -0.1) is 0 Å². The van der Waals surface area contributed by atoms with Crippen LogP contribution in [0.1, 0.15) is 17.3 Å². The van der Waals surface area contributed by atoms with Crippen molar-refractivity contribution in [3.63, 3.8) is 0 Å². The lowest BCUT2D eigenvalue weighted by Crippen LogP contribution is -2.30. The molecule has 0 spiro atoms. The van der Waals surface area contributed by atoms with E-state index in [1.165, 1.54) is 39.3 Å². The van der Waals surface area contributed by atoms with Crippen LogP contribution in [-0.4, -0.2) is 32.2 Å². The summed E-state index contributed by atoms with van der Waals surface area (Å²) in [5.74, 6) is -3.24. The van der Waals surface area contributed by atoms with Crippen LogP contribution in [0.5, 0.6) is 11.5 Å². The Bertz CT molecular complexity index is 875. The molecule has 6 nitrogen and oxygen atoms in total. The first-order chi connectivity index (χ1) is 12.8. The lowest BCUT2D eigenvalue weighted by molar-refractivity contribution is -0.123. The average molecular weight is 400 g/mol. The molecule has 0 heterocycles. The molecule has 0 unspecified atom stereocenters. The molecule has 0 saturated heterocycles. The van der Waals surface area contributed by atoms with E-state index >= 15 is 0 Å². The van der Waals surface area contributed by atoms with Crippen molar-refractivity contribution in [2.75, 3.05) is 19.5 Å². The fourth-order valence-electron chi connectivity index (χ4n) is 2.14. The van der Waals surface area contributed by atoms with Crippen LogP contribution in [0.2, 0.25) is 5.02 Å². The fourth-order valence-corrected chi connectivity index (χ4v) is 2.42. The van der Waals surface area contributed by atoms with Gasteiger partial charge in [0.15, 0.2) is 29.2 Å². The molecule has 0 fully saturated rings. The Morgan fingerprint density at radius 2 is 1.78 bits per heavy atom. The van der Waals surface area contributed by atoms with Gasteiger partial charge in [0.2, 0.25) is 0 Å². The van der Waals surface area contributed by atoms with E-state index in [0.29, 0.717) is 0 Å². The van der Waals surface area contributed by atoms with Crippen molar-refractivity contribution in [2.24, 2.45) is 0 Å². The maximum atomic E-state index is 13.2. The summed E-state index contributed by atoms with van der Waals surface area (Å²) in [6.45, 7) is 1.33. The average Bonchev–Trinajstić information content (AvgIpc) is 2.63. The molecule has 2 aromatic carbocycles. The van der Waals surface area contributed by atoms with Gasteiger partial charge in [0, 0.05) is 11.8 Å². The fraction of sp³-hybridized carbons (Fsp3) is 0.222. The molecule has 2 rings (SSSR count). The third-order valence-corrected chi connectivity index (χ3v) is 3.79. The molecule has 1 N–H and O–H groups in total. The van der Waals surface area contributed by atoms with Crippen LogP contribution in [-0.2, 0) is 9.53 Å². The largest absolute Gasteiger partial charge is 0.493 e. The van der Waals surface area contributed by atoms with Gasteiger partial charge in [0.05, 0.1) is 24.8 Å². The first-order valence-corrected chi connectivity index (χ1v) is 8.03. The Balaban J connectivity index is 2.09. The van der Waals surface area contributed by atoms with Gasteiger partial charge in [0.1, 0.15) is 0 Å². The Labute approximate surface area is 159 Å². The van der Waals surface area contributed by atoms with Crippen LogP contribution >= 0.6 is 11.6 Å². The number of benzene rings is 2. The van der Waals surface area contributed by atoms with Gasteiger partial charge in [0.25, 0.3) is 5.91 Å². The highest BCUT2D eigenvalue weighted by Gasteiger charge is 2.22. The van der Waals surface area contributed by atoms with E-state index in [-0.39, 0.29) is 27.8 Å². The molecule has 0 radical (unpaired) electrons. The third-order valence-electron chi connectivity index (χ3n) is 3.51. The number of rotatable bonds is 6. The van der Waals surface area contributed by atoms with Crippen molar-refractivity contribution < 1.29 is 32.6 Å². The first kappa shape index (κ1) is 20.4. The minimum Gasteiger partial charge on any atom is -0.493 e. The topological polar surface area (TPSA) is 73.9 Å².